The quantitative estimate of drug-likeness (QED) is 0.819. The lowest BCUT2D eigenvalue weighted by atomic mass is 10.2. The summed E-state index contributed by atoms with van der Waals surface area (Å²) in [7, 11) is -1.84. The molecule has 0 spiro atoms. The van der Waals surface area contributed by atoms with Crippen molar-refractivity contribution < 1.29 is 9.67 Å². The highest BCUT2D eigenvalue weighted by atomic mass is 79.9. The van der Waals surface area contributed by atoms with Gasteiger partial charge in [-0.3, -0.25) is 4.79 Å². The highest BCUT2D eigenvalue weighted by Crippen LogP contribution is 2.26. The van der Waals surface area contributed by atoms with Crippen molar-refractivity contribution in [2.45, 2.75) is 0 Å². The Kier molecular flexibility index (Phi) is 2.78. The molecule has 0 amide bonds. The molecule has 82 valence electrons. The van der Waals surface area contributed by atoms with E-state index in [0.717, 1.165) is 4.34 Å². The number of aromatic hydroxyl groups is 1. The minimum Gasteiger partial charge on any atom is -0.507 e. The summed E-state index contributed by atoms with van der Waals surface area (Å²) >= 11 is 3.19. The second-order valence-electron chi connectivity index (χ2n) is 3.18. The van der Waals surface area contributed by atoms with Crippen molar-refractivity contribution in [2.75, 3.05) is 6.66 Å². The molecular weight excluding hydrogens is 295 g/mol. The van der Waals surface area contributed by atoms with Gasteiger partial charge in [-0.1, -0.05) is 20.3 Å². The van der Waals surface area contributed by atoms with E-state index in [0.29, 0.717) is 9.99 Å². The second kappa shape index (κ2) is 3.96. The monoisotopic (exact) mass is 301 g/mol. The van der Waals surface area contributed by atoms with E-state index in [4.69, 9.17) is 0 Å². The van der Waals surface area contributed by atoms with Crippen molar-refractivity contribution in [1.29, 1.82) is 0 Å². The van der Waals surface area contributed by atoms with E-state index < -0.39 is 13.5 Å². The highest BCUT2D eigenvalue weighted by Gasteiger charge is 2.17. The average molecular weight is 302 g/mol. The van der Waals surface area contributed by atoms with Crippen LogP contribution in [0, 0.1) is 0 Å². The van der Waals surface area contributed by atoms with Crippen LogP contribution < -0.4 is 5.56 Å². The summed E-state index contributed by atoms with van der Waals surface area (Å²) in [6.07, 6.45) is 1.22. The molecule has 2 rings (SSSR count). The van der Waals surface area contributed by atoms with E-state index in [1.54, 1.807) is 6.07 Å². The van der Waals surface area contributed by atoms with E-state index >= 15 is 0 Å². The van der Waals surface area contributed by atoms with Crippen molar-refractivity contribution in [1.82, 2.24) is 9.32 Å². The Bertz CT molecular complexity index is 653. The van der Waals surface area contributed by atoms with E-state index in [-0.39, 0.29) is 11.1 Å². The summed E-state index contributed by atoms with van der Waals surface area (Å²) in [6, 6.07) is 3.02. The average Bonchev–Trinajstić information content (AvgIpc) is 2.15. The molecule has 1 N–H and O–H groups in total. The van der Waals surface area contributed by atoms with Crippen LogP contribution in [0.1, 0.15) is 0 Å². The van der Waals surface area contributed by atoms with Crippen molar-refractivity contribution in [2.24, 2.45) is 0 Å². The summed E-state index contributed by atoms with van der Waals surface area (Å²) in [5.41, 5.74) is -0.136. The third-order valence-corrected chi connectivity index (χ3v) is 3.44. The maximum absolute atomic E-state index is 11.9. The molecule has 16 heavy (non-hydrogen) atoms. The number of hydrogen-bond acceptors (Lipinski definition) is 4. The number of rotatable bonds is 1. The predicted molar refractivity (Wildman–Crippen MR) is 64.3 cm³/mol. The molecule has 0 aliphatic rings. The minimum atomic E-state index is -1.84. The summed E-state index contributed by atoms with van der Waals surface area (Å²) in [4.78, 5) is 15.8. The van der Waals surface area contributed by atoms with Crippen LogP contribution in [0.25, 0.3) is 10.9 Å². The van der Waals surface area contributed by atoms with Crippen LogP contribution in [0.5, 0.6) is 5.75 Å². The summed E-state index contributed by atoms with van der Waals surface area (Å²) in [5.74, 6) is -0.173. The SMILES string of the molecule is C[P+](=O)n1cnc2cc(Br)cc(O)c2c1=O. The van der Waals surface area contributed by atoms with Crippen LogP contribution in [0.15, 0.2) is 27.7 Å². The number of nitrogens with zero attached hydrogens (tertiary/aromatic N) is 2. The van der Waals surface area contributed by atoms with E-state index in [1.807, 2.05) is 0 Å². The van der Waals surface area contributed by atoms with E-state index in [2.05, 4.69) is 20.9 Å². The third kappa shape index (κ3) is 1.74. The van der Waals surface area contributed by atoms with Gasteiger partial charge in [0.25, 0.3) is 0 Å². The molecule has 0 aliphatic carbocycles. The summed E-state index contributed by atoms with van der Waals surface area (Å²) in [6.45, 7) is 1.40. The Balaban J connectivity index is 2.95. The Morgan fingerprint density at radius 3 is 2.81 bits per heavy atom. The van der Waals surface area contributed by atoms with Crippen molar-refractivity contribution in [3.05, 3.63) is 33.3 Å². The van der Waals surface area contributed by atoms with Crippen LogP contribution in [-0.4, -0.2) is 21.1 Å². The van der Waals surface area contributed by atoms with Crippen LogP contribution in [0.4, 0.5) is 0 Å². The first-order valence-electron chi connectivity index (χ1n) is 4.31. The summed E-state index contributed by atoms with van der Waals surface area (Å²) in [5, 5.41) is 9.74. The van der Waals surface area contributed by atoms with Crippen molar-refractivity contribution in [3.63, 3.8) is 0 Å². The Hall–Kier alpha value is -1.26. The fourth-order valence-corrected chi connectivity index (χ4v) is 2.37. The molecule has 1 unspecified atom stereocenters. The van der Waals surface area contributed by atoms with Crippen LogP contribution in [-0.2, 0) is 4.57 Å². The van der Waals surface area contributed by atoms with Crippen LogP contribution >= 0.6 is 23.9 Å². The Morgan fingerprint density at radius 2 is 2.19 bits per heavy atom. The molecule has 0 saturated heterocycles. The number of fused-ring (bicyclic) bond motifs is 1. The zero-order chi connectivity index (χ0) is 11.9. The number of halogens is 1. The Morgan fingerprint density at radius 1 is 1.50 bits per heavy atom. The number of hydrogen-bond donors (Lipinski definition) is 1. The number of phenols is 1. The summed E-state index contributed by atoms with van der Waals surface area (Å²) < 4.78 is 12.9. The molecule has 5 nitrogen and oxygen atoms in total. The lowest BCUT2D eigenvalue weighted by Gasteiger charge is -2.00. The molecule has 1 atom stereocenters. The molecule has 0 aliphatic heterocycles. The van der Waals surface area contributed by atoms with Gasteiger partial charge < -0.3 is 5.11 Å². The van der Waals surface area contributed by atoms with Gasteiger partial charge in [0.05, 0.1) is 5.52 Å². The van der Waals surface area contributed by atoms with Gasteiger partial charge in [0.2, 0.25) is 0 Å². The van der Waals surface area contributed by atoms with Gasteiger partial charge in [-0.05, 0) is 16.7 Å². The normalized spacial score (nSPS) is 11.8. The first-order chi connectivity index (χ1) is 7.50. The predicted octanol–water partition coefficient (Wildman–Crippen LogP) is 2.08. The molecule has 1 aromatic carbocycles. The molecule has 0 saturated carbocycles. The number of aromatic nitrogens is 2. The molecule has 0 fully saturated rings. The molecule has 2 aromatic rings. The van der Waals surface area contributed by atoms with Crippen LogP contribution in [0.3, 0.4) is 0 Å². The fourth-order valence-electron chi connectivity index (χ4n) is 1.38. The van der Waals surface area contributed by atoms with Crippen molar-refractivity contribution in [3.8, 4) is 5.75 Å². The lowest BCUT2D eigenvalue weighted by Crippen LogP contribution is -2.15. The van der Waals surface area contributed by atoms with Gasteiger partial charge >= 0.3 is 13.5 Å². The molecule has 7 heteroatoms. The zero-order valence-electron chi connectivity index (χ0n) is 8.22. The molecule has 0 bridgehead atoms. The van der Waals surface area contributed by atoms with Gasteiger partial charge in [0.15, 0.2) is 6.66 Å². The first-order valence-corrected chi connectivity index (χ1v) is 6.77. The van der Waals surface area contributed by atoms with Gasteiger partial charge in [-0.25, -0.2) is 4.98 Å². The van der Waals surface area contributed by atoms with E-state index in [9.17, 15) is 14.5 Å². The topological polar surface area (TPSA) is 72.2 Å². The first kappa shape index (κ1) is 11.2. The van der Waals surface area contributed by atoms with Gasteiger partial charge in [-0.15, -0.1) is 0 Å². The van der Waals surface area contributed by atoms with Gasteiger partial charge in [0, 0.05) is 4.47 Å². The van der Waals surface area contributed by atoms with Crippen molar-refractivity contribution >= 4 is 34.8 Å². The van der Waals surface area contributed by atoms with Gasteiger partial charge in [0.1, 0.15) is 17.5 Å². The lowest BCUT2D eigenvalue weighted by molar-refractivity contribution is 0.480. The molecule has 1 heterocycles. The van der Waals surface area contributed by atoms with Gasteiger partial charge in [-0.2, -0.15) is 0 Å². The largest absolute Gasteiger partial charge is 0.507 e. The standard InChI is InChI=1S/C9H6BrN2O3P/c1-16(15)12-4-11-6-2-5(10)3-7(13)8(6)9(12)14/h2-4H,1H3/p+1. The maximum atomic E-state index is 11.9. The smallest absolute Gasteiger partial charge is 0.467 e. The minimum absolute atomic E-state index is 0.0795. The molecule has 0 radical (unpaired) electrons. The Labute approximate surface area is 99.7 Å². The maximum Gasteiger partial charge on any atom is 0.467 e. The molecule has 1 aromatic heterocycles. The number of phenolic OH excluding ortho intramolecular Hbond substituents is 1. The van der Waals surface area contributed by atoms with Crippen LogP contribution in [0.2, 0.25) is 0 Å². The highest BCUT2D eigenvalue weighted by molar-refractivity contribution is 9.10. The molecular formula is C9H7BrN2O3P+. The zero-order valence-corrected chi connectivity index (χ0v) is 10.7. The fraction of sp³-hybridized carbons (Fsp3) is 0.111. The number of benzene rings is 1. The third-order valence-electron chi connectivity index (χ3n) is 2.09. The second-order valence-corrected chi connectivity index (χ2v) is 5.45. The van der Waals surface area contributed by atoms with E-state index in [1.165, 1.54) is 19.1 Å².